The Labute approximate surface area is 194 Å². The number of nitrogens with zero attached hydrogens (tertiary/aromatic N) is 2. The van der Waals surface area contributed by atoms with Crippen molar-refractivity contribution in [2.75, 3.05) is 33.3 Å². The van der Waals surface area contributed by atoms with E-state index in [2.05, 4.69) is 35.0 Å². The van der Waals surface area contributed by atoms with Gasteiger partial charge in [0, 0.05) is 25.0 Å². The number of benzene rings is 2. The Kier molecular flexibility index (Phi) is 7.75. The van der Waals surface area contributed by atoms with Gasteiger partial charge in [0.1, 0.15) is 11.5 Å². The molecule has 2 heterocycles. The van der Waals surface area contributed by atoms with Gasteiger partial charge in [0.15, 0.2) is 0 Å². The van der Waals surface area contributed by atoms with Gasteiger partial charge in [0.05, 0.1) is 6.61 Å². The van der Waals surface area contributed by atoms with E-state index in [1.165, 1.54) is 61.9 Å². The molecule has 4 heteroatoms. The lowest BCUT2D eigenvalue weighted by atomic mass is 9.84. The van der Waals surface area contributed by atoms with Crippen molar-refractivity contribution in [3.63, 3.8) is 0 Å². The van der Waals surface area contributed by atoms with Crippen molar-refractivity contribution < 1.29 is 9.84 Å². The zero-order valence-corrected chi connectivity index (χ0v) is 20.1. The lowest BCUT2D eigenvalue weighted by Gasteiger charge is -2.41. The summed E-state index contributed by atoms with van der Waals surface area (Å²) in [7, 11) is 2.18. The summed E-state index contributed by atoms with van der Waals surface area (Å²) in [6.07, 6.45) is 6.79. The standard InChI is InChI=1S/C26H34N2O2.C2H6/c1-27-16-21-15-24(30-18-19-11-13-28(14-12-19)22-3-2-4-22)9-10-25(21)26(17-27)20-5-7-23(29)8-6-20;1-2/h5-10,15,19,22,26,29H,2-4,11-14,16-18H2,1H3;1-2H3. The van der Waals surface area contributed by atoms with Gasteiger partial charge in [-0.05, 0) is 92.7 Å². The summed E-state index contributed by atoms with van der Waals surface area (Å²) in [6.45, 7) is 9.30. The highest BCUT2D eigenvalue weighted by Crippen LogP contribution is 2.36. The van der Waals surface area contributed by atoms with Crippen LogP contribution in [0.3, 0.4) is 0 Å². The molecule has 0 radical (unpaired) electrons. The zero-order chi connectivity index (χ0) is 22.5. The summed E-state index contributed by atoms with van der Waals surface area (Å²) in [5.41, 5.74) is 4.01. The van der Waals surface area contributed by atoms with Crippen molar-refractivity contribution in [2.45, 2.75) is 64.5 Å². The fraction of sp³-hybridized carbons (Fsp3) is 0.571. The summed E-state index contributed by atoms with van der Waals surface area (Å²) >= 11 is 0. The SMILES string of the molecule is CC.CN1Cc2cc(OCC3CCN(C4CCC4)CC3)ccc2C(c2ccc(O)cc2)C1. The van der Waals surface area contributed by atoms with Crippen LogP contribution in [0.25, 0.3) is 0 Å². The highest BCUT2D eigenvalue weighted by molar-refractivity contribution is 5.45. The van der Waals surface area contributed by atoms with E-state index < -0.39 is 0 Å². The van der Waals surface area contributed by atoms with Gasteiger partial charge < -0.3 is 19.6 Å². The Morgan fingerprint density at radius 1 is 0.969 bits per heavy atom. The van der Waals surface area contributed by atoms with Crippen LogP contribution in [-0.4, -0.2) is 54.2 Å². The zero-order valence-electron chi connectivity index (χ0n) is 20.1. The maximum absolute atomic E-state index is 9.63. The van der Waals surface area contributed by atoms with Crippen molar-refractivity contribution >= 4 is 0 Å². The van der Waals surface area contributed by atoms with E-state index in [0.717, 1.165) is 31.5 Å². The average Bonchev–Trinajstić information content (AvgIpc) is 2.78. The van der Waals surface area contributed by atoms with E-state index >= 15 is 0 Å². The van der Waals surface area contributed by atoms with Gasteiger partial charge in [-0.25, -0.2) is 0 Å². The molecule has 1 unspecified atom stereocenters. The smallest absolute Gasteiger partial charge is 0.119 e. The predicted octanol–water partition coefficient (Wildman–Crippen LogP) is 5.64. The molecule has 32 heavy (non-hydrogen) atoms. The van der Waals surface area contributed by atoms with Crippen LogP contribution in [0.15, 0.2) is 42.5 Å². The molecule has 1 saturated carbocycles. The van der Waals surface area contributed by atoms with E-state index in [1.54, 1.807) is 12.1 Å². The first kappa shape index (κ1) is 23.1. The number of hydrogen-bond donors (Lipinski definition) is 1. The first-order chi connectivity index (χ1) is 15.7. The lowest BCUT2D eigenvalue weighted by Crippen LogP contribution is -2.45. The van der Waals surface area contributed by atoms with Crippen LogP contribution in [0, 0.1) is 5.92 Å². The molecule has 4 nitrogen and oxygen atoms in total. The van der Waals surface area contributed by atoms with Crippen LogP contribution in [0.2, 0.25) is 0 Å². The number of piperidine rings is 1. The monoisotopic (exact) mass is 436 g/mol. The van der Waals surface area contributed by atoms with Crippen LogP contribution in [0.5, 0.6) is 11.5 Å². The fourth-order valence-corrected chi connectivity index (χ4v) is 5.36. The fourth-order valence-electron chi connectivity index (χ4n) is 5.36. The number of hydrogen-bond acceptors (Lipinski definition) is 4. The van der Waals surface area contributed by atoms with E-state index in [1.807, 2.05) is 26.0 Å². The molecule has 0 spiro atoms. The summed E-state index contributed by atoms with van der Waals surface area (Å²) in [5, 5.41) is 9.63. The Bertz CT molecular complexity index is 854. The molecule has 1 aliphatic carbocycles. The lowest BCUT2D eigenvalue weighted by molar-refractivity contribution is 0.0708. The second kappa shape index (κ2) is 10.7. The molecule has 1 saturated heterocycles. The molecule has 2 aliphatic heterocycles. The molecule has 2 aromatic rings. The summed E-state index contributed by atoms with van der Waals surface area (Å²) in [6, 6.07) is 15.2. The van der Waals surface area contributed by atoms with Crippen molar-refractivity contribution in [1.82, 2.24) is 9.80 Å². The summed E-state index contributed by atoms with van der Waals surface area (Å²) in [4.78, 5) is 5.08. The van der Waals surface area contributed by atoms with Gasteiger partial charge in [-0.2, -0.15) is 0 Å². The molecule has 1 atom stereocenters. The maximum Gasteiger partial charge on any atom is 0.119 e. The Morgan fingerprint density at radius 3 is 2.34 bits per heavy atom. The number of fused-ring (bicyclic) bond motifs is 1. The number of rotatable bonds is 5. The normalized spacial score (nSPS) is 22.4. The number of phenols is 1. The van der Waals surface area contributed by atoms with Crippen LogP contribution in [0.4, 0.5) is 0 Å². The Balaban J connectivity index is 0.00000119. The topological polar surface area (TPSA) is 35.9 Å². The maximum atomic E-state index is 9.63. The van der Waals surface area contributed by atoms with E-state index in [4.69, 9.17) is 4.74 Å². The van der Waals surface area contributed by atoms with Crippen molar-refractivity contribution in [3.8, 4) is 11.5 Å². The van der Waals surface area contributed by atoms with E-state index in [-0.39, 0.29) is 0 Å². The van der Waals surface area contributed by atoms with E-state index in [0.29, 0.717) is 17.6 Å². The van der Waals surface area contributed by atoms with Crippen molar-refractivity contribution in [2.24, 2.45) is 5.92 Å². The summed E-state index contributed by atoms with van der Waals surface area (Å²) in [5.74, 6) is 2.36. The number of phenolic OH excluding ortho intramolecular Hbond substituents is 1. The molecule has 1 N–H and O–H groups in total. The molecular formula is C28H40N2O2. The van der Waals surface area contributed by atoms with Crippen molar-refractivity contribution in [3.05, 3.63) is 59.2 Å². The molecule has 0 amide bonds. The highest BCUT2D eigenvalue weighted by atomic mass is 16.5. The van der Waals surface area contributed by atoms with Gasteiger partial charge in [0.2, 0.25) is 0 Å². The molecule has 0 aromatic heterocycles. The molecule has 5 rings (SSSR count). The van der Waals surface area contributed by atoms with Gasteiger partial charge in [-0.3, -0.25) is 0 Å². The average molecular weight is 437 g/mol. The Morgan fingerprint density at radius 2 is 1.69 bits per heavy atom. The predicted molar refractivity (Wildman–Crippen MR) is 132 cm³/mol. The first-order valence-electron chi connectivity index (χ1n) is 12.6. The second-order valence-electron chi connectivity index (χ2n) is 9.58. The van der Waals surface area contributed by atoms with Crippen LogP contribution < -0.4 is 4.74 Å². The van der Waals surface area contributed by atoms with Gasteiger partial charge in [-0.15, -0.1) is 0 Å². The van der Waals surface area contributed by atoms with Gasteiger partial charge >= 0.3 is 0 Å². The third-order valence-electron chi connectivity index (χ3n) is 7.45. The van der Waals surface area contributed by atoms with Gasteiger partial charge in [0.25, 0.3) is 0 Å². The molecular weight excluding hydrogens is 396 g/mol. The molecule has 2 aromatic carbocycles. The number of likely N-dealkylation sites (tertiary alicyclic amines) is 1. The first-order valence-corrected chi connectivity index (χ1v) is 12.6. The number of likely N-dealkylation sites (N-methyl/N-ethyl adjacent to an activating group) is 1. The number of ether oxygens (including phenoxy) is 1. The van der Waals surface area contributed by atoms with Crippen LogP contribution in [-0.2, 0) is 6.54 Å². The molecule has 3 aliphatic rings. The quantitative estimate of drug-likeness (QED) is 0.658. The largest absolute Gasteiger partial charge is 0.508 e. The van der Waals surface area contributed by atoms with Crippen LogP contribution in [0.1, 0.15) is 68.6 Å². The highest BCUT2D eigenvalue weighted by Gasteiger charge is 2.29. The third-order valence-corrected chi connectivity index (χ3v) is 7.45. The molecule has 174 valence electrons. The van der Waals surface area contributed by atoms with Crippen LogP contribution >= 0.6 is 0 Å². The molecule has 0 bridgehead atoms. The Hall–Kier alpha value is -2.04. The van der Waals surface area contributed by atoms with E-state index in [9.17, 15) is 5.11 Å². The number of aromatic hydroxyl groups is 1. The minimum absolute atomic E-state index is 0.324. The summed E-state index contributed by atoms with van der Waals surface area (Å²) < 4.78 is 6.27. The molecule has 2 fully saturated rings. The third kappa shape index (κ3) is 5.29. The minimum Gasteiger partial charge on any atom is -0.508 e. The second-order valence-corrected chi connectivity index (χ2v) is 9.58. The van der Waals surface area contributed by atoms with Gasteiger partial charge in [-0.1, -0.05) is 38.5 Å². The van der Waals surface area contributed by atoms with Crippen molar-refractivity contribution in [1.29, 1.82) is 0 Å². The minimum atomic E-state index is 0.324.